The number of aromatic nitrogens is 2. The van der Waals surface area contributed by atoms with Gasteiger partial charge in [-0.15, -0.1) is 11.3 Å². The van der Waals surface area contributed by atoms with Gasteiger partial charge in [-0.25, -0.2) is 0 Å². The molecule has 4 aromatic rings. The Morgan fingerprint density at radius 3 is 2.54 bits per heavy atom. The van der Waals surface area contributed by atoms with Crippen molar-refractivity contribution in [1.82, 2.24) is 9.97 Å². The van der Waals surface area contributed by atoms with Gasteiger partial charge >= 0.3 is 0 Å². The molecule has 0 fully saturated rings. The third-order valence-corrected chi connectivity index (χ3v) is 6.98. The summed E-state index contributed by atoms with van der Waals surface area (Å²) >= 11 is 1.49. The molecule has 7 nitrogen and oxygen atoms in total. The van der Waals surface area contributed by atoms with E-state index in [-0.39, 0.29) is 11.8 Å². The Morgan fingerprint density at radius 2 is 1.74 bits per heavy atom. The number of thiophene rings is 1. The Kier molecular flexibility index (Phi) is 6.81. The fourth-order valence-electron chi connectivity index (χ4n) is 4.07. The number of nitrogens with one attached hydrogen (secondary N) is 2. The predicted molar refractivity (Wildman–Crippen MR) is 136 cm³/mol. The van der Waals surface area contributed by atoms with Crippen molar-refractivity contribution in [3.8, 4) is 5.75 Å². The number of amides is 2. The fraction of sp³-hybridized carbons (Fsp3) is 0.185. The highest BCUT2D eigenvalue weighted by atomic mass is 32.1. The largest absolute Gasteiger partial charge is 0.489 e. The molecule has 0 aliphatic heterocycles. The molecule has 0 saturated heterocycles. The minimum absolute atomic E-state index is 0.240. The van der Waals surface area contributed by atoms with Crippen LogP contribution in [0, 0.1) is 0 Å². The van der Waals surface area contributed by atoms with E-state index >= 15 is 0 Å². The number of rotatable bonds is 7. The fourth-order valence-corrected chi connectivity index (χ4v) is 5.36. The summed E-state index contributed by atoms with van der Waals surface area (Å²) in [5.41, 5.74) is 3.61. The second-order valence-electron chi connectivity index (χ2n) is 8.24. The van der Waals surface area contributed by atoms with Gasteiger partial charge in [-0.3, -0.25) is 19.6 Å². The van der Waals surface area contributed by atoms with Gasteiger partial charge in [0.25, 0.3) is 11.8 Å². The van der Waals surface area contributed by atoms with E-state index < -0.39 is 0 Å². The van der Waals surface area contributed by atoms with Crippen molar-refractivity contribution in [3.63, 3.8) is 0 Å². The van der Waals surface area contributed by atoms with Crippen LogP contribution in [0.1, 0.15) is 49.6 Å². The number of carbonyl (C=O) groups is 2. The lowest BCUT2D eigenvalue weighted by molar-refractivity contribution is 0.102. The summed E-state index contributed by atoms with van der Waals surface area (Å²) in [6.07, 6.45) is 10.5. The Balaban J connectivity index is 1.35. The van der Waals surface area contributed by atoms with Crippen molar-refractivity contribution in [2.75, 3.05) is 10.6 Å². The summed E-state index contributed by atoms with van der Waals surface area (Å²) in [5, 5.41) is 6.52. The normalized spacial score (nSPS) is 12.5. The van der Waals surface area contributed by atoms with E-state index in [4.69, 9.17) is 4.74 Å². The van der Waals surface area contributed by atoms with Crippen molar-refractivity contribution < 1.29 is 14.3 Å². The number of benzene rings is 1. The summed E-state index contributed by atoms with van der Waals surface area (Å²) in [7, 11) is 0. The van der Waals surface area contributed by atoms with Crippen molar-refractivity contribution in [2.24, 2.45) is 0 Å². The van der Waals surface area contributed by atoms with Crippen LogP contribution in [0.15, 0.2) is 73.3 Å². The molecule has 3 aromatic heterocycles. The SMILES string of the molecule is O=C(Nc1sc2c(c1C(=O)Nc1cccc(OCc3cccnc3)c1)CCCC2)c1cccnc1. The minimum Gasteiger partial charge on any atom is -0.489 e. The molecule has 1 aromatic carbocycles. The summed E-state index contributed by atoms with van der Waals surface area (Å²) in [5.74, 6) is 0.121. The molecular formula is C27H24N4O3S. The topological polar surface area (TPSA) is 93.2 Å². The first-order valence-corrected chi connectivity index (χ1v) is 12.3. The second-order valence-corrected chi connectivity index (χ2v) is 9.35. The molecular weight excluding hydrogens is 460 g/mol. The highest BCUT2D eigenvalue weighted by Crippen LogP contribution is 2.39. The van der Waals surface area contributed by atoms with Crippen LogP contribution in [-0.4, -0.2) is 21.8 Å². The molecule has 1 aliphatic rings. The molecule has 0 saturated carbocycles. The molecule has 0 unspecified atom stereocenters. The molecule has 35 heavy (non-hydrogen) atoms. The molecule has 2 N–H and O–H groups in total. The van der Waals surface area contributed by atoms with E-state index in [1.165, 1.54) is 17.5 Å². The number of nitrogens with zero attached hydrogens (tertiary/aromatic N) is 2. The zero-order chi connectivity index (χ0) is 24.0. The van der Waals surface area contributed by atoms with Gasteiger partial charge in [-0.2, -0.15) is 0 Å². The van der Waals surface area contributed by atoms with Gasteiger partial charge in [-0.05, 0) is 61.6 Å². The number of anilines is 2. The number of aryl methyl sites for hydroxylation is 1. The van der Waals surface area contributed by atoms with Gasteiger partial charge < -0.3 is 15.4 Å². The van der Waals surface area contributed by atoms with Crippen molar-refractivity contribution in [2.45, 2.75) is 32.3 Å². The van der Waals surface area contributed by atoms with Crippen molar-refractivity contribution in [1.29, 1.82) is 0 Å². The minimum atomic E-state index is -0.281. The summed E-state index contributed by atoms with van der Waals surface area (Å²) < 4.78 is 5.87. The average molecular weight is 485 g/mol. The quantitative estimate of drug-likeness (QED) is 0.361. The van der Waals surface area contributed by atoms with Gasteiger partial charge in [-0.1, -0.05) is 12.1 Å². The van der Waals surface area contributed by atoms with Gasteiger partial charge in [0.15, 0.2) is 0 Å². The van der Waals surface area contributed by atoms with Crippen LogP contribution in [0.2, 0.25) is 0 Å². The molecule has 0 radical (unpaired) electrons. The van der Waals surface area contributed by atoms with Crippen LogP contribution in [0.4, 0.5) is 10.7 Å². The van der Waals surface area contributed by atoms with E-state index in [1.54, 1.807) is 36.8 Å². The highest BCUT2D eigenvalue weighted by Gasteiger charge is 2.26. The van der Waals surface area contributed by atoms with Crippen LogP contribution in [-0.2, 0) is 19.4 Å². The maximum atomic E-state index is 13.5. The first-order chi connectivity index (χ1) is 17.2. The third-order valence-electron chi connectivity index (χ3n) is 5.77. The molecule has 2 amide bonds. The van der Waals surface area contributed by atoms with E-state index in [1.807, 2.05) is 30.3 Å². The highest BCUT2D eigenvalue weighted by molar-refractivity contribution is 7.17. The van der Waals surface area contributed by atoms with Crippen LogP contribution in [0.5, 0.6) is 5.75 Å². The summed E-state index contributed by atoms with van der Waals surface area (Å²) in [6.45, 7) is 0.383. The summed E-state index contributed by atoms with van der Waals surface area (Å²) in [6, 6.07) is 14.5. The zero-order valence-electron chi connectivity index (χ0n) is 19.0. The van der Waals surface area contributed by atoms with E-state index in [2.05, 4.69) is 20.6 Å². The Labute approximate surface area is 207 Å². The van der Waals surface area contributed by atoms with Gasteiger partial charge in [0.05, 0.1) is 11.1 Å². The van der Waals surface area contributed by atoms with Crippen LogP contribution < -0.4 is 15.4 Å². The summed E-state index contributed by atoms with van der Waals surface area (Å²) in [4.78, 5) is 35.5. The first-order valence-electron chi connectivity index (χ1n) is 11.5. The molecule has 176 valence electrons. The predicted octanol–water partition coefficient (Wildman–Crippen LogP) is 5.50. The average Bonchev–Trinajstić information content (AvgIpc) is 3.26. The lowest BCUT2D eigenvalue weighted by Gasteiger charge is -2.14. The number of pyridine rings is 2. The Morgan fingerprint density at radius 1 is 0.914 bits per heavy atom. The molecule has 0 bridgehead atoms. The molecule has 0 spiro atoms. The zero-order valence-corrected chi connectivity index (χ0v) is 19.8. The molecule has 0 atom stereocenters. The molecule has 3 heterocycles. The number of hydrogen-bond acceptors (Lipinski definition) is 6. The van der Waals surface area contributed by atoms with Gasteiger partial charge in [0, 0.05) is 47.0 Å². The van der Waals surface area contributed by atoms with Crippen LogP contribution in [0.25, 0.3) is 0 Å². The molecule has 5 rings (SSSR count). The lowest BCUT2D eigenvalue weighted by atomic mass is 9.95. The van der Waals surface area contributed by atoms with Crippen molar-refractivity contribution >= 4 is 33.8 Å². The molecule has 1 aliphatic carbocycles. The Hall–Kier alpha value is -4.04. The third kappa shape index (κ3) is 5.38. The van der Waals surface area contributed by atoms with Crippen LogP contribution >= 0.6 is 11.3 Å². The number of ether oxygens (including phenoxy) is 1. The van der Waals surface area contributed by atoms with E-state index in [0.29, 0.717) is 34.2 Å². The number of carbonyl (C=O) groups excluding carboxylic acids is 2. The van der Waals surface area contributed by atoms with E-state index in [0.717, 1.165) is 41.7 Å². The first kappa shape index (κ1) is 22.7. The Bertz CT molecular complexity index is 1340. The monoisotopic (exact) mass is 484 g/mol. The lowest BCUT2D eigenvalue weighted by Crippen LogP contribution is -2.18. The van der Waals surface area contributed by atoms with Crippen molar-refractivity contribution in [3.05, 3.63) is 100 Å². The van der Waals surface area contributed by atoms with Gasteiger partial charge in [0.1, 0.15) is 17.4 Å². The standard InChI is InChI=1S/C27H24N4O3S/c32-25(19-7-5-13-29-16-19)31-27-24(22-10-1-2-11-23(22)35-27)26(33)30-20-8-3-9-21(14-20)34-17-18-6-4-12-28-15-18/h3-9,12-16H,1-2,10-11,17H2,(H,30,33)(H,31,32). The number of hydrogen-bond donors (Lipinski definition) is 2. The maximum absolute atomic E-state index is 13.5. The second kappa shape index (κ2) is 10.5. The number of fused-ring (bicyclic) bond motifs is 1. The maximum Gasteiger partial charge on any atom is 0.258 e. The molecule has 8 heteroatoms. The van der Waals surface area contributed by atoms with Gasteiger partial charge in [0.2, 0.25) is 0 Å². The smallest absolute Gasteiger partial charge is 0.258 e. The van der Waals surface area contributed by atoms with Crippen LogP contribution in [0.3, 0.4) is 0 Å². The van der Waals surface area contributed by atoms with E-state index in [9.17, 15) is 9.59 Å².